The van der Waals surface area contributed by atoms with E-state index in [1.54, 1.807) is 12.3 Å². The summed E-state index contributed by atoms with van der Waals surface area (Å²) in [5, 5.41) is 5.68. The van der Waals surface area contributed by atoms with Crippen molar-refractivity contribution in [1.29, 1.82) is 0 Å². The number of hydrogen-bond donors (Lipinski definition) is 2. The van der Waals surface area contributed by atoms with Crippen LogP contribution in [0.2, 0.25) is 0 Å². The molecule has 0 unspecified atom stereocenters. The monoisotopic (exact) mass is 374 g/mol. The Kier molecular flexibility index (Phi) is 6.11. The summed E-state index contributed by atoms with van der Waals surface area (Å²) in [6.07, 6.45) is 3.12. The molecule has 0 aliphatic heterocycles. The van der Waals surface area contributed by atoms with Crippen molar-refractivity contribution in [1.82, 2.24) is 15.3 Å². The number of para-hydroxylation sites is 1. The van der Waals surface area contributed by atoms with Gasteiger partial charge in [0.25, 0.3) is 11.8 Å². The summed E-state index contributed by atoms with van der Waals surface area (Å²) in [5.74, 6) is -0.362. The zero-order chi connectivity index (χ0) is 19.9. The Bertz CT molecular complexity index is 971. The van der Waals surface area contributed by atoms with Gasteiger partial charge in [0.05, 0.1) is 12.2 Å². The maximum atomic E-state index is 12.7. The smallest absolute Gasteiger partial charge is 0.270 e. The Morgan fingerprint density at radius 1 is 0.929 bits per heavy atom. The van der Waals surface area contributed by atoms with Crippen molar-refractivity contribution in [3.63, 3.8) is 0 Å². The summed E-state index contributed by atoms with van der Waals surface area (Å²) in [6.45, 7) is 4.43. The summed E-state index contributed by atoms with van der Waals surface area (Å²) in [4.78, 5) is 33.3. The van der Waals surface area contributed by atoms with Gasteiger partial charge < -0.3 is 10.6 Å². The number of carbonyl (C=O) groups is 2. The molecule has 2 aromatic heterocycles. The van der Waals surface area contributed by atoms with Gasteiger partial charge in [-0.3, -0.25) is 19.6 Å². The number of anilines is 1. The van der Waals surface area contributed by atoms with Gasteiger partial charge in [0, 0.05) is 23.6 Å². The first kappa shape index (κ1) is 19.2. The van der Waals surface area contributed by atoms with Gasteiger partial charge in [0.2, 0.25) is 0 Å². The third-order valence-electron chi connectivity index (χ3n) is 4.24. The second kappa shape index (κ2) is 8.90. The molecular weight excluding hydrogens is 352 g/mol. The summed E-state index contributed by atoms with van der Waals surface area (Å²) >= 11 is 0. The molecule has 1 aromatic carbocycles. The third-order valence-corrected chi connectivity index (χ3v) is 4.24. The van der Waals surface area contributed by atoms with Crippen LogP contribution in [0.3, 0.4) is 0 Å². The molecular formula is C22H22N4O2. The van der Waals surface area contributed by atoms with Crippen LogP contribution in [0.25, 0.3) is 0 Å². The molecule has 6 nitrogen and oxygen atoms in total. The Hall–Kier alpha value is -3.54. The molecule has 142 valence electrons. The molecule has 0 aliphatic carbocycles. The lowest BCUT2D eigenvalue weighted by Gasteiger charge is -2.13. The van der Waals surface area contributed by atoms with Crippen LogP contribution in [-0.4, -0.2) is 21.8 Å². The predicted molar refractivity (Wildman–Crippen MR) is 108 cm³/mol. The van der Waals surface area contributed by atoms with Gasteiger partial charge in [-0.1, -0.05) is 38.1 Å². The van der Waals surface area contributed by atoms with Gasteiger partial charge in [-0.05, 0) is 41.8 Å². The Labute approximate surface area is 164 Å². The molecule has 3 rings (SSSR count). The summed E-state index contributed by atoms with van der Waals surface area (Å²) in [7, 11) is 0. The summed E-state index contributed by atoms with van der Waals surface area (Å²) < 4.78 is 0. The number of nitrogens with zero attached hydrogens (tertiary/aromatic N) is 2. The Balaban J connectivity index is 1.70. The average Bonchev–Trinajstić information content (AvgIpc) is 2.73. The number of carbonyl (C=O) groups excluding carboxylic acids is 2. The van der Waals surface area contributed by atoms with E-state index in [0.717, 1.165) is 16.9 Å². The van der Waals surface area contributed by atoms with Gasteiger partial charge in [-0.25, -0.2) is 0 Å². The molecule has 3 aromatic rings. The Morgan fingerprint density at radius 2 is 1.71 bits per heavy atom. The van der Waals surface area contributed by atoms with Crippen LogP contribution in [-0.2, 0) is 6.54 Å². The number of rotatable bonds is 6. The number of aromatic nitrogens is 2. The van der Waals surface area contributed by atoms with E-state index in [4.69, 9.17) is 0 Å². The van der Waals surface area contributed by atoms with Gasteiger partial charge in [-0.2, -0.15) is 0 Å². The molecule has 2 heterocycles. The lowest BCUT2D eigenvalue weighted by Crippen LogP contribution is -2.25. The van der Waals surface area contributed by atoms with E-state index in [2.05, 4.69) is 34.4 Å². The van der Waals surface area contributed by atoms with Crippen LogP contribution >= 0.6 is 0 Å². The number of hydrogen-bond acceptors (Lipinski definition) is 4. The van der Waals surface area contributed by atoms with Gasteiger partial charge in [0.15, 0.2) is 0 Å². The SMILES string of the molecule is CC(C)c1ccccc1NC(=O)c1ccnc(C(=O)NCc2ccccn2)c1. The van der Waals surface area contributed by atoms with E-state index in [1.807, 2.05) is 42.5 Å². The van der Waals surface area contributed by atoms with Gasteiger partial charge >= 0.3 is 0 Å². The molecule has 0 fully saturated rings. The lowest BCUT2D eigenvalue weighted by molar-refractivity contribution is 0.0945. The fraction of sp³-hybridized carbons (Fsp3) is 0.182. The van der Waals surface area contributed by atoms with Crippen molar-refractivity contribution >= 4 is 17.5 Å². The summed E-state index contributed by atoms with van der Waals surface area (Å²) in [6, 6.07) is 16.2. The van der Waals surface area contributed by atoms with Gasteiger partial charge in [-0.15, -0.1) is 0 Å². The van der Waals surface area contributed by atoms with E-state index in [-0.39, 0.29) is 23.4 Å². The summed E-state index contributed by atoms with van der Waals surface area (Å²) in [5.41, 5.74) is 3.12. The molecule has 0 saturated heterocycles. The quantitative estimate of drug-likeness (QED) is 0.688. The minimum atomic E-state index is -0.358. The second-order valence-electron chi connectivity index (χ2n) is 6.63. The van der Waals surface area contributed by atoms with Crippen LogP contribution in [0.5, 0.6) is 0 Å². The van der Waals surface area contributed by atoms with Crippen molar-refractivity contribution < 1.29 is 9.59 Å². The van der Waals surface area contributed by atoms with Crippen LogP contribution in [0, 0.1) is 0 Å². The molecule has 2 amide bonds. The first-order valence-corrected chi connectivity index (χ1v) is 9.09. The minimum Gasteiger partial charge on any atom is -0.345 e. The number of amides is 2. The van der Waals surface area contributed by atoms with E-state index in [0.29, 0.717) is 12.1 Å². The average molecular weight is 374 g/mol. The highest BCUT2D eigenvalue weighted by atomic mass is 16.2. The molecule has 0 atom stereocenters. The zero-order valence-corrected chi connectivity index (χ0v) is 15.8. The highest BCUT2D eigenvalue weighted by Gasteiger charge is 2.14. The van der Waals surface area contributed by atoms with Crippen molar-refractivity contribution in [2.45, 2.75) is 26.3 Å². The first-order valence-electron chi connectivity index (χ1n) is 9.09. The topological polar surface area (TPSA) is 84.0 Å². The van der Waals surface area contributed by atoms with Crippen molar-refractivity contribution in [3.8, 4) is 0 Å². The maximum absolute atomic E-state index is 12.7. The number of pyridine rings is 2. The van der Waals surface area contributed by atoms with Crippen LogP contribution in [0.1, 0.15) is 51.9 Å². The molecule has 0 aliphatic rings. The molecule has 6 heteroatoms. The van der Waals surface area contributed by atoms with Crippen LogP contribution < -0.4 is 10.6 Å². The lowest BCUT2D eigenvalue weighted by atomic mass is 10.0. The van der Waals surface area contributed by atoms with Crippen LogP contribution in [0.15, 0.2) is 67.0 Å². The molecule has 0 bridgehead atoms. The normalized spacial score (nSPS) is 10.5. The van der Waals surface area contributed by atoms with E-state index >= 15 is 0 Å². The molecule has 0 saturated carbocycles. The van der Waals surface area contributed by atoms with Crippen molar-refractivity contribution in [2.24, 2.45) is 0 Å². The highest BCUT2D eigenvalue weighted by Crippen LogP contribution is 2.24. The zero-order valence-electron chi connectivity index (χ0n) is 15.8. The molecule has 2 N–H and O–H groups in total. The predicted octanol–water partition coefficient (Wildman–Crippen LogP) is 3.78. The minimum absolute atomic E-state index is 0.181. The Morgan fingerprint density at radius 3 is 2.46 bits per heavy atom. The second-order valence-corrected chi connectivity index (χ2v) is 6.63. The van der Waals surface area contributed by atoms with E-state index < -0.39 is 0 Å². The van der Waals surface area contributed by atoms with E-state index in [1.165, 1.54) is 12.3 Å². The molecule has 28 heavy (non-hydrogen) atoms. The largest absolute Gasteiger partial charge is 0.345 e. The molecule has 0 spiro atoms. The van der Waals surface area contributed by atoms with E-state index in [9.17, 15) is 9.59 Å². The highest BCUT2D eigenvalue weighted by molar-refractivity contribution is 6.06. The van der Waals surface area contributed by atoms with Crippen LogP contribution in [0.4, 0.5) is 5.69 Å². The standard InChI is InChI=1S/C22H22N4O2/c1-15(2)18-8-3-4-9-19(18)26-21(27)16-10-12-24-20(13-16)22(28)25-14-17-7-5-6-11-23-17/h3-13,15H,14H2,1-2H3,(H,25,28)(H,26,27). The van der Waals surface area contributed by atoms with Crippen molar-refractivity contribution in [3.05, 3.63) is 89.5 Å². The fourth-order valence-electron chi connectivity index (χ4n) is 2.77. The van der Waals surface area contributed by atoms with Crippen molar-refractivity contribution in [2.75, 3.05) is 5.32 Å². The molecule has 0 radical (unpaired) electrons. The number of benzene rings is 1. The fourth-order valence-corrected chi connectivity index (χ4v) is 2.77. The third kappa shape index (κ3) is 4.79. The maximum Gasteiger partial charge on any atom is 0.270 e. The first-order chi connectivity index (χ1) is 13.5. The number of nitrogens with one attached hydrogen (secondary N) is 2. The van der Waals surface area contributed by atoms with Gasteiger partial charge in [0.1, 0.15) is 5.69 Å².